The van der Waals surface area contributed by atoms with Gasteiger partial charge in [-0.3, -0.25) is 23.7 Å². The maximum absolute atomic E-state index is 13.1. The van der Waals surface area contributed by atoms with Crippen molar-refractivity contribution in [3.63, 3.8) is 0 Å². The number of rotatable bonds is 5. The lowest BCUT2D eigenvalue weighted by atomic mass is 10.0. The highest BCUT2D eigenvalue weighted by Gasteiger charge is 2.35. The largest absolute Gasteiger partial charge is 0.501 e. The average Bonchev–Trinajstić information content (AvgIpc) is 3.03. The minimum atomic E-state index is -0.772. The van der Waals surface area contributed by atoms with Crippen molar-refractivity contribution in [3.8, 4) is 5.75 Å². The van der Waals surface area contributed by atoms with E-state index in [1.54, 1.807) is 13.0 Å². The van der Waals surface area contributed by atoms with Crippen molar-refractivity contribution in [2.24, 2.45) is 5.92 Å². The molecule has 1 aliphatic heterocycles. The van der Waals surface area contributed by atoms with Crippen molar-refractivity contribution < 1.29 is 23.9 Å². The second-order valence-corrected chi connectivity index (χ2v) is 8.58. The Morgan fingerprint density at radius 1 is 1.26 bits per heavy atom. The number of nitrogens with one attached hydrogen (secondary N) is 1. The topological polar surface area (TPSA) is 125 Å². The molecule has 3 rings (SSSR count). The predicted molar refractivity (Wildman–Crippen MR) is 122 cm³/mol. The van der Waals surface area contributed by atoms with Gasteiger partial charge >= 0.3 is 11.8 Å². The molecular formula is C23H30FN5O5. The van der Waals surface area contributed by atoms with Crippen LogP contribution in [0.1, 0.15) is 55.0 Å². The molecule has 1 aromatic rings. The zero-order valence-corrected chi connectivity index (χ0v) is 19.6. The Hall–Kier alpha value is -3.50. The fourth-order valence-electron chi connectivity index (χ4n) is 4.14. The number of carbonyl (C=O) groups excluding carboxylic acids is 3. The predicted octanol–water partition coefficient (Wildman–Crippen LogP) is 1.27. The molecule has 2 heterocycles. The molecule has 0 fully saturated rings. The number of amides is 3. The Bertz CT molecular complexity index is 1090. The summed E-state index contributed by atoms with van der Waals surface area (Å²) in [5.41, 5.74) is -1.21. The number of carbonyl (C=O) groups is 3. The van der Waals surface area contributed by atoms with E-state index in [1.165, 1.54) is 40.6 Å². The number of hydrogen-bond donors (Lipinski definition) is 2. The van der Waals surface area contributed by atoms with Crippen LogP contribution in [0.25, 0.3) is 0 Å². The highest BCUT2D eigenvalue weighted by molar-refractivity contribution is 6.34. The third-order valence-electron chi connectivity index (χ3n) is 6.03. The maximum atomic E-state index is 13.1. The number of aromatic nitrogens is 2. The molecule has 1 aromatic heterocycles. The Balaban J connectivity index is 1.94. The highest BCUT2D eigenvalue weighted by Crippen LogP contribution is 2.29. The van der Waals surface area contributed by atoms with E-state index < -0.39 is 40.8 Å². The van der Waals surface area contributed by atoms with Crippen LogP contribution in [0.2, 0.25) is 0 Å². The second kappa shape index (κ2) is 10.6. The number of aromatic hydroxyl groups is 1. The van der Waals surface area contributed by atoms with Crippen molar-refractivity contribution >= 4 is 17.7 Å². The second-order valence-electron chi connectivity index (χ2n) is 8.58. The molecule has 0 saturated carbocycles. The first-order valence-corrected chi connectivity index (χ1v) is 11.3. The molecule has 2 aliphatic rings. The first-order valence-electron chi connectivity index (χ1n) is 11.3. The van der Waals surface area contributed by atoms with Gasteiger partial charge in [-0.2, -0.15) is 0 Å². The Morgan fingerprint density at radius 3 is 2.62 bits per heavy atom. The zero-order valence-electron chi connectivity index (χ0n) is 19.6. The number of likely N-dealkylation sites (N-methyl/N-ethyl adjacent to an activating group) is 2. The third-order valence-corrected chi connectivity index (χ3v) is 6.03. The van der Waals surface area contributed by atoms with Gasteiger partial charge in [0.05, 0.1) is 6.04 Å². The van der Waals surface area contributed by atoms with E-state index in [-0.39, 0.29) is 37.2 Å². The Kier molecular flexibility index (Phi) is 7.85. The van der Waals surface area contributed by atoms with Crippen molar-refractivity contribution in [1.29, 1.82) is 0 Å². The molecule has 34 heavy (non-hydrogen) atoms. The van der Waals surface area contributed by atoms with Gasteiger partial charge in [0.1, 0.15) is 11.7 Å². The molecule has 1 aliphatic carbocycles. The van der Waals surface area contributed by atoms with Crippen LogP contribution in [0.3, 0.4) is 0 Å². The molecule has 3 amide bonds. The first-order chi connectivity index (χ1) is 16.1. The van der Waals surface area contributed by atoms with Crippen molar-refractivity contribution in [1.82, 2.24) is 24.7 Å². The van der Waals surface area contributed by atoms with E-state index in [1.807, 2.05) is 0 Å². The van der Waals surface area contributed by atoms with E-state index in [0.717, 1.165) is 0 Å². The molecule has 184 valence electrons. The molecule has 2 N–H and O–H groups in total. The minimum Gasteiger partial charge on any atom is -0.501 e. The molecule has 0 spiro atoms. The summed E-state index contributed by atoms with van der Waals surface area (Å²) in [6.45, 7) is 2.35. The van der Waals surface area contributed by atoms with Crippen LogP contribution >= 0.6 is 0 Å². The van der Waals surface area contributed by atoms with E-state index in [4.69, 9.17) is 0 Å². The van der Waals surface area contributed by atoms with Crippen LogP contribution < -0.4 is 10.9 Å². The number of nitrogens with zero attached hydrogens (tertiary/aromatic N) is 4. The molecule has 0 bridgehead atoms. The molecule has 0 aromatic carbocycles. The smallest absolute Gasteiger partial charge is 0.312 e. The van der Waals surface area contributed by atoms with Gasteiger partial charge < -0.3 is 20.2 Å². The lowest BCUT2D eigenvalue weighted by molar-refractivity contribution is -0.152. The van der Waals surface area contributed by atoms with E-state index in [0.29, 0.717) is 25.7 Å². The standard InChI is InChI=1S/C23H30FN5O5/c1-4-28(23(34)22(33)27(2)3)16-7-5-6-12-29-19(16)26-17(18(30)21(29)32)20(31)25-13-14-8-10-15(24)11-9-14/h8,10-11,14,16,30H,4-7,9,12-13H2,1-3H3,(H,25,31). The van der Waals surface area contributed by atoms with Crippen LogP contribution in [-0.4, -0.2) is 69.4 Å². The lowest BCUT2D eigenvalue weighted by Crippen LogP contribution is -2.45. The van der Waals surface area contributed by atoms with Crippen LogP contribution in [0.5, 0.6) is 5.75 Å². The highest BCUT2D eigenvalue weighted by atomic mass is 19.1. The molecule has 0 saturated heterocycles. The van der Waals surface area contributed by atoms with E-state index in [2.05, 4.69) is 10.3 Å². The number of fused-ring (bicyclic) bond motifs is 1. The monoisotopic (exact) mass is 475 g/mol. The first kappa shape index (κ1) is 25.1. The van der Waals surface area contributed by atoms with Crippen LogP contribution in [0, 0.1) is 5.92 Å². The van der Waals surface area contributed by atoms with Gasteiger partial charge in [0.15, 0.2) is 5.69 Å². The molecule has 10 nitrogen and oxygen atoms in total. The normalized spacial score (nSPS) is 19.5. The Labute approximate surface area is 196 Å². The summed E-state index contributed by atoms with van der Waals surface area (Å²) in [5.74, 6) is -3.27. The summed E-state index contributed by atoms with van der Waals surface area (Å²) in [6, 6.07) is -0.710. The number of allylic oxidation sites excluding steroid dienone is 3. The third kappa shape index (κ3) is 5.18. The van der Waals surface area contributed by atoms with E-state index >= 15 is 0 Å². The molecule has 2 atom stereocenters. The van der Waals surface area contributed by atoms with Crippen LogP contribution in [0.15, 0.2) is 28.8 Å². The Morgan fingerprint density at radius 2 is 2.00 bits per heavy atom. The SMILES string of the molecule is CCN(C(=O)C(=O)N(C)C)C1CCCCn2c1nc(C(=O)NCC1C=CC(F)=CC1)c(O)c2=O. The maximum Gasteiger partial charge on any atom is 0.312 e. The minimum absolute atomic E-state index is 0.134. The van der Waals surface area contributed by atoms with Gasteiger partial charge in [-0.05, 0) is 50.7 Å². The van der Waals surface area contributed by atoms with Gasteiger partial charge in [-0.25, -0.2) is 9.37 Å². The molecule has 11 heteroatoms. The summed E-state index contributed by atoms with van der Waals surface area (Å²) in [4.78, 5) is 57.9. The molecule has 0 radical (unpaired) electrons. The van der Waals surface area contributed by atoms with Gasteiger partial charge in [-0.1, -0.05) is 6.08 Å². The number of halogens is 1. The summed E-state index contributed by atoms with van der Waals surface area (Å²) in [7, 11) is 2.95. The molecule has 2 unspecified atom stereocenters. The fourth-order valence-corrected chi connectivity index (χ4v) is 4.14. The summed E-state index contributed by atoms with van der Waals surface area (Å²) in [5, 5.41) is 13.1. The quantitative estimate of drug-likeness (QED) is 0.618. The number of hydrogen-bond acceptors (Lipinski definition) is 6. The van der Waals surface area contributed by atoms with Gasteiger partial charge in [0.2, 0.25) is 5.75 Å². The van der Waals surface area contributed by atoms with Crippen LogP contribution in [-0.2, 0) is 16.1 Å². The summed E-state index contributed by atoms with van der Waals surface area (Å²) in [6.07, 6.45) is 6.50. The van der Waals surface area contributed by atoms with Crippen molar-refractivity contribution in [2.45, 2.75) is 45.2 Å². The molecular weight excluding hydrogens is 445 g/mol. The van der Waals surface area contributed by atoms with Crippen LogP contribution in [0.4, 0.5) is 4.39 Å². The van der Waals surface area contributed by atoms with Crippen molar-refractivity contribution in [2.75, 3.05) is 27.2 Å². The summed E-state index contributed by atoms with van der Waals surface area (Å²) < 4.78 is 14.4. The van der Waals surface area contributed by atoms with Gasteiger partial charge in [0.25, 0.3) is 11.5 Å². The van der Waals surface area contributed by atoms with Gasteiger partial charge in [0, 0.05) is 33.7 Å². The van der Waals surface area contributed by atoms with E-state index in [9.17, 15) is 28.7 Å². The summed E-state index contributed by atoms with van der Waals surface area (Å²) >= 11 is 0. The van der Waals surface area contributed by atoms with Gasteiger partial charge in [-0.15, -0.1) is 0 Å². The zero-order chi connectivity index (χ0) is 25.0. The van der Waals surface area contributed by atoms with Crippen molar-refractivity contribution in [3.05, 3.63) is 45.9 Å². The lowest BCUT2D eigenvalue weighted by Gasteiger charge is -2.31. The fraction of sp³-hybridized carbons (Fsp3) is 0.522. The average molecular weight is 476 g/mol.